The third-order valence-electron chi connectivity index (χ3n) is 5.55. The van der Waals surface area contributed by atoms with E-state index in [1.807, 2.05) is 0 Å². The molecule has 0 N–H and O–H groups in total. The van der Waals surface area contributed by atoms with Crippen molar-refractivity contribution < 1.29 is 0 Å². The van der Waals surface area contributed by atoms with E-state index >= 15 is 0 Å². The zero-order valence-electron chi connectivity index (χ0n) is 16.9. The molecule has 0 aromatic carbocycles. The number of hydrogen-bond acceptors (Lipinski definition) is 0. The van der Waals surface area contributed by atoms with Gasteiger partial charge >= 0.3 is 0 Å². The smallest absolute Gasteiger partial charge is 0.0329 e. The van der Waals surface area contributed by atoms with E-state index in [0.29, 0.717) is 5.41 Å². The SMILES string of the molecule is CCC(CC)C(C)(C)CC.CCC1CC(C)C1.CCCC. The zero-order valence-corrected chi connectivity index (χ0v) is 16.9. The Labute approximate surface area is 137 Å². The summed E-state index contributed by atoms with van der Waals surface area (Å²) in [4.78, 5) is 0. The Balaban J connectivity index is 0. The summed E-state index contributed by atoms with van der Waals surface area (Å²) in [5.74, 6) is 3.05. The Hall–Kier alpha value is 0. The lowest BCUT2D eigenvalue weighted by atomic mass is 9.74. The normalized spacial score (nSPS) is 20.9. The molecule has 0 radical (unpaired) electrons. The van der Waals surface area contributed by atoms with Crippen molar-refractivity contribution in [1.82, 2.24) is 0 Å². The van der Waals surface area contributed by atoms with Crippen molar-refractivity contribution in [2.45, 2.75) is 114 Å². The van der Waals surface area contributed by atoms with Crippen molar-refractivity contribution in [2.75, 3.05) is 0 Å². The summed E-state index contributed by atoms with van der Waals surface area (Å²) in [6.07, 6.45) is 11.0. The van der Waals surface area contributed by atoms with E-state index in [0.717, 1.165) is 17.8 Å². The molecule has 1 aliphatic carbocycles. The second kappa shape index (κ2) is 13.6. The molecule has 1 fully saturated rings. The van der Waals surface area contributed by atoms with Gasteiger partial charge in [0.1, 0.15) is 0 Å². The van der Waals surface area contributed by atoms with Crippen LogP contribution in [0.15, 0.2) is 0 Å². The van der Waals surface area contributed by atoms with Gasteiger partial charge in [-0.05, 0) is 36.0 Å². The third kappa shape index (κ3) is 11.2. The Morgan fingerprint density at radius 1 is 0.857 bits per heavy atom. The van der Waals surface area contributed by atoms with Gasteiger partial charge < -0.3 is 0 Å². The van der Waals surface area contributed by atoms with E-state index in [4.69, 9.17) is 0 Å². The molecule has 0 aromatic heterocycles. The molecule has 1 rings (SSSR count). The highest BCUT2D eigenvalue weighted by atomic mass is 14.3. The highest BCUT2D eigenvalue weighted by Gasteiger charge is 2.24. The number of rotatable bonds is 6. The van der Waals surface area contributed by atoms with Gasteiger partial charge in [-0.2, -0.15) is 0 Å². The molecule has 0 aromatic rings. The van der Waals surface area contributed by atoms with Crippen molar-refractivity contribution in [2.24, 2.45) is 23.2 Å². The monoisotopic (exact) mass is 298 g/mol. The van der Waals surface area contributed by atoms with Gasteiger partial charge in [0.05, 0.1) is 0 Å². The fraction of sp³-hybridized carbons (Fsp3) is 1.00. The lowest BCUT2D eigenvalue weighted by molar-refractivity contribution is 0.191. The largest absolute Gasteiger partial charge is 0.0654 e. The van der Waals surface area contributed by atoms with Gasteiger partial charge in [-0.1, -0.05) is 101 Å². The summed E-state index contributed by atoms with van der Waals surface area (Å²) in [5, 5.41) is 0. The van der Waals surface area contributed by atoms with E-state index in [1.165, 1.54) is 51.4 Å². The van der Waals surface area contributed by atoms with Crippen LogP contribution in [0.25, 0.3) is 0 Å². The van der Waals surface area contributed by atoms with Gasteiger partial charge in [-0.3, -0.25) is 0 Å². The molecular weight excluding hydrogens is 252 g/mol. The van der Waals surface area contributed by atoms with Gasteiger partial charge in [0, 0.05) is 0 Å². The van der Waals surface area contributed by atoms with Gasteiger partial charge in [0.2, 0.25) is 0 Å². The average Bonchev–Trinajstić information content (AvgIpc) is 2.45. The molecule has 0 heteroatoms. The molecule has 0 heterocycles. The maximum Gasteiger partial charge on any atom is -0.0329 e. The molecule has 0 amide bonds. The molecule has 0 nitrogen and oxygen atoms in total. The second-order valence-corrected chi connectivity index (χ2v) is 7.71. The average molecular weight is 299 g/mol. The minimum Gasteiger partial charge on any atom is -0.0654 e. The Bertz CT molecular complexity index is 192. The van der Waals surface area contributed by atoms with Crippen LogP contribution in [0, 0.1) is 23.2 Å². The van der Waals surface area contributed by atoms with Crippen LogP contribution in [0.1, 0.15) is 114 Å². The van der Waals surface area contributed by atoms with E-state index in [9.17, 15) is 0 Å². The first-order valence-corrected chi connectivity index (χ1v) is 9.82. The fourth-order valence-corrected chi connectivity index (χ4v) is 3.08. The predicted octanol–water partition coefficient (Wildman–Crippen LogP) is 8.11. The topological polar surface area (TPSA) is 0 Å². The Morgan fingerprint density at radius 2 is 1.29 bits per heavy atom. The van der Waals surface area contributed by atoms with Crippen LogP contribution >= 0.6 is 0 Å². The first kappa shape index (κ1) is 23.3. The highest BCUT2D eigenvalue weighted by Crippen LogP contribution is 2.35. The van der Waals surface area contributed by atoms with Gasteiger partial charge in [0.25, 0.3) is 0 Å². The maximum atomic E-state index is 2.38. The van der Waals surface area contributed by atoms with E-state index in [1.54, 1.807) is 0 Å². The van der Waals surface area contributed by atoms with Gasteiger partial charge in [0.15, 0.2) is 0 Å². The van der Waals surface area contributed by atoms with Crippen LogP contribution in [0.4, 0.5) is 0 Å². The third-order valence-corrected chi connectivity index (χ3v) is 5.55. The van der Waals surface area contributed by atoms with Crippen LogP contribution in [-0.4, -0.2) is 0 Å². The molecule has 1 saturated carbocycles. The molecule has 0 saturated heterocycles. The standard InChI is InChI=1S/C10H22.C7H14.C4H10/c1-6-9(7-2)10(4,5)8-3;1-3-7-4-6(2)5-7;1-3-4-2/h9H,6-8H2,1-5H3;6-7H,3-5H2,1-2H3;3-4H2,1-2H3. The van der Waals surface area contributed by atoms with Crippen LogP contribution in [-0.2, 0) is 0 Å². The first-order chi connectivity index (χ1) is 9.82. The summed E-state index contributed by atoms with van der Waals surface area (Å²) in [6.45, 7) is 20.6. The molecule has 1 aliphatic rings. The lowest BCUT2D eigenvalue weighted by Crippen LogP contribution is -2.21. The van der Waals surface area contributed by atoms with Gasteiger partial charge in [-0.25, -0.2) is 0 Å². The minimum absolute atomic E-state index is 0.559. The molecule has 0 bridgehead atoms. The number of unbranched alkanes of at least 4 members (excludes halogenated alkanes) is 1. The molecule has 0 spiro atoms. The summed E-state index contributed by atoms with van der Waals surface area (Å²) in [5.41, 5.74) is 0.559. The van der Waals surface area contributed by atoms with Gasteiger partial charge in [-0.15, -0.1) is 0 Å². The molecule has 21 heavy (non-hydrogen) atoms. The first-order valence-electron chi connectivity index (χ1n) is 9.82. The second-order valence-electron chi connectivity index (χ2n) is 7.71. The summed E-state index contributed by atoms with van der Waals surface area (Å²) >= 11 is 0. The summed E-state index contributed by atoms with van der Waals surface area (Å²) in [6, 6.07) is 0. The van der Waals surface area contributed by atoms with Crippen molar-refractivity contribution in [3.05, 3.63) is 0 Å². The predicted molar refractivity (Wildman–Crippen MR) is 101 cm³/mol. The highest BCUT2D eigenvalue weighted by molar-refractivity contribution is 4.75. The van der Waals surface area contributed by atoms with E-state index in [2.05, 4.69) is 62.3 Å². The Kier molecular flexibility index (Phi) is 15.1. The lowest BCUT2D eigenvalue weighted by Gasteiger charge is -2.31. The maximum absolute atomic E-state index is 2.38. The van der Waals surface area contributed by atoms with Crippen LogP contribution in [0.5, 0.6) is 0 Å². The van der Waals surface area contributed by atoms with Crippen LogP contribution in [0.3, 0.4) is 0 Å². The Morgan fingerprint density at radius 3 is 1.38 bits per heavy atom. The molecule has 0 aliphatic heterocycles. The van der Waals surface area contributed by atoms with Crippen molar-refractivity contribution in [3.8, 4) is 0 Å². The van der Waals surface area contributed by atoms with Crippen LogP contribution < -0.4 is 0 Å². The number of hydrogen-bond donors (Lipinski definition) is 0. The molecule has 0 atom stereocenters. The molecule has 130 valence electrons. The fourth-order valence-electron chi connectivity index (χ4n) is 3.08. The summed E-state index contributed by atoms with van der Waals surface area (Å²) < 4.78 is 0. The van der Waals surface area contributed by atoms with Crippen molar-refractivity contribution in [3.63, 3.8) is 0 Å². The van der Waals surface area contributed by atoms with Crippen molar-refractivity contribution >= 4 is 0 Å². The van der Waals surface area contributed by atoms with E-state index < -0.39 is 0 Å². The van der Waals surface area contributed by atoms with Crippen molar-refractivity contribution in [1.29, 1.82) is 0 Å². The summed E-state index contributed by atoms with van der Waals surface area (Å²) in [7, 11) is 0. The quantitative estimate of drug-likeness (QED) is 0.464. The molecular formula is C21H46. The minimum atomic E-state index is 0.559. The van der Waals surface area contributed by atoms with E-state index in [-0.39, 0.29) is 0 Å². The molecule has 0 unspecified atom stereocenters. The zero-order chi connectivity index (χ0) is 16.9. The van der Waals surface area contributed by atoms with Crippen LogP contribution in [0.2, 0.25) is 0 Å².